The normalized spacial score (nSPS) is 12.3. The van der Waals surface area contributed by atoms with Crippen LogP contribution in [0.3, 0.4) is 0 Å². The summed E-state index contributed by atoms with van der Waals surface area (Å²) in [5, 5.41) is 7.19. The maximum atomic E-state index is 12.4. The second kappa shape index (κ2) is 7.10. The van der Waals surface area contributed by atoms with Crippen molar-refractivity contribution in [3.05, 3.63) is 47.5 Å². The topological polar surface area (TPSA) is 54.9 Å². The largest absolute Gasteiger partial charge is 0.301 e. The molecule has 3 aromatic rings. The number of thioether (sulfide) groups is 1. The summed E-state index contributed by atoms with van der Waals surface area (Å²) in [5.41, 5.74) is 2.14. The number of nitrogens with zero attached hydrogens (tertiary/aromatic N) is 2. The van der Waals surface area contributed by atoms with E-state index in [-0.39, 0.29) is 11.2 Å². The first kappa shape index (κ1) is 16.0. The molecule has 0 spiro atoms. The number of aromatic nitrogens is 2. The number of aryl methyl sites for hydroxylation is 1. The van der Waals surface area contributed by atoms with Gasteiger partial charge in [0.05, 0.1) is 15.8 Å². The second-order valence-corrected chi connectivity index (χ2v) is 7.25. The van der Waals surface area contributed by atoms with Crippen molar-refractivity contribution in [1.29, 1.82) is 0 Å². The number of fused-ring (bicyclic) bond motifs is 1. The fourth-order valence-corrected chi connectivity index (χ4v) is 3.87. The van der Waals surface area contributed by atoms with Crippen LogP contribution in [0.25, 0.3) is 10.9 Å². The lowest BCUT2D eigenvalue weighted by Crippen LogP contribution is -2.24. The van der Waals surface area contributed by atoms with Crippen LogP contribution in [0, 0.1) is 6.92 Å². The number of para-hydroxylation sites is 1. The van der Waals surface area contributed by atoms with Crippen LogP contribution in [-0.2, 0) is 4.79 Å². The lowest BCUT2D eigenvalue weighted by atomic mass is 10.1. The smallest absolute Gasteiger partial charge is 0.239 e. The number of thiazole rings is 1. The van der Waals surface area contributed by atoms with E-state index in [1.807, 2.05) is 36.6 Å². The zero-order valence-corrected chi connectivity index (χ0v) is 14.6. The highest BCUT2D eigenvalue weighted by atomic mass is 32.2. The Hall–Kier alpha value is -1.92. The van der Waals surface area contributed by atoms with Crippen LogP contribution in [0.2, 0.25) is 0 Å². The van der Waals surface area contributed by atoms with Crippen LogP contribution in [0.5, 0.6) is 0 Å². The van der Waals surface area contributed by atoms with Crippen molar-refractivity contribution in [2.75, 3.05) is 5.32 Å². The monoisotopic (exact) mass is 343 g/mol. The maximum absolute atomic E-state index is 12.4. The van der Waals surface area contributed by atoms with E-state index in [9.17, 15) is 4.79 Å². The molecule has 0 radical (unpaired) electrons. The molecule has 0 aliphatic heterocycles. The van der Waals surface area contributed by atoms with Gasteiger partial charge in [-0.25, -0.2) is 9.97 Å². The molecule has 1 atom stereocenters. The SMILES string of the molecule is CC[C@H](Sc1cc(C)c2ccccc2n1)C(=O)Nc1nccs1. The summed E-state index contributed by atoms with van der Waals surface area (Å²) >= 11 is 2.92. The molecule has 1 aromatic carbocycles. The first-order valence-corrected chi connectivity index (χ1v) is 9.16. The van der Waals surface area contributed by atoms with Gasteiger partial charge >= 0.3 is 0 Å². The highest BCUT2D eigenvalue weighted by molar-refractivity contribution is 8.00. The zero-order chi connectivity index (χ0) is 16.2. The number of hydrogen-bond donors (Lipinski definition) is 1. The van der Waals surface area contributed by atoms with Gasteiger partial charge in [-0.2, -0.15) is 0 Å². The number of amides is 1. The Labute approximate surface area is 143 Å². The van der Waals surface area contributed by atoms with Crippen molar-refractivity contribution in [1.82, 2.24) is 9.97 Å². The molecule has 0 fully saturated rings. The summed E-state index contributed by atoms with van der Waals surface area (Å²) in [7, 11) is 0. The third kappa shape index (κ3) is 3.71. The molecular weight excluding hydrogens is 326 g/mol. The number of hydrogen-bond acceptors (Lipinski definition) is 5. The predicted octanol–water partition coefficient (Wildman–Crippen LogP) is 4.51. The van der Waals surface area contributed by atoms with E-state index < -0.39 is 0 Å². The van der Waals surface area contributed by atoms with Crippen LogP contribution < -0.4 is 5.32 Å². The van der Waals surface area contributed by atoms with E-state index in [2.05, 4.69) is 28.3 Å². The lowest BCUT2D eigenvalue weighted by molar-refractivity contribution is -0.115. The summed E-state index contributed by atoms with van der Waals surface area (Å²) in [6.45, 7) is 4.08. The number of anilines is 1. The quantitative estimate of drug-likeness (QED) is 0.693. The van der Waals surface area contributed by atoms with Gasteiger partial charge in [0, 0.05) is 17.0 Å². The van der Waals surface area contributed by atoms with Crippen molar-refractivity contribution in [3.8, 4) is 0 Å². The Balaban J connectivity index is 1.80. The molecule has 23 heavy (non-hydrogen) atoms. The third-order valence-corrected chi connectivity index (χ3v) is 5.46. The average Bonchev–Trinajstić information content (AvgIpc) is 3.05. The first-order valence-electron chi connectivity index (χ1n) is 7.40. The molecule has 0 saturated heterocycles. The Kier molecular flexibility index (Phi) is 4.93. The molecule has 0 aliphatic rings. The van der Waals surface area contributed by atoms with Gasteiger partial charge in [-0.3, -0.25) is 4.79 Å². The first-order chi connectivity index (χ1) is 11.2. The molecule has 0 aliphatic carbocycles. The fraction of sp³-hybridized carbons (Fsp3) is 0.235. The van der Waals surface area contributed by atoms with Crippen LogP contribution in [0.15, 0.2) is 46.9 Å². The number of carbonyl (C=O) groups excluding carboxylic acids is 1. The Bertz CT molecular complexity index is 818. The molecule has 1 N–H and O–H groups in total. The zero-order valence-electron chi connectivity index (χ0n) is 12.9. The molecule has 2 heterocycles. The van der Waals surface area contributed by atoms with Crippen molar-refractivity contribution >= 4 is 45.0 Å². The summed E-state index contributed by atoms with van der Waals surface area (Å²) in [6.07, 6.45) is 2.41. The molecule has 0 unspecified atom stereocenters. The molecular formula is C17H17N3OS2. The molecule has 4 nitrogen and oxygen atoms in total. The minimum absolute atomic E-state index is 0.0277. The van der Waals surface area contributed by atoms with Gasteiger partial charge < -0.3 is 5.32 Å². The van der Waals surface area contributed by atoms with Gasteiger partial charge in [0.1, 0.15) is 0 Å². The average molecular weight is 343 g/mol. The predicted molar refractivity (Wildman–Crippen MR) is 97.2 cm³/mol. The molecule has 2 aromatic heterocycles. The van der Waals surface area contributed by atoms with Crippen LogP contribution in [0.4, 0.5) is 5.13 Å². The van der Waals surface area contributed by atoms with Gasteiger partial charge in [-0.1, -0.05) is 36.9 Å². The van der Waals surface area contributed by atoms with Crippen LogP contribution >= 0.6 is 23.1 Å². The standard InChI is InChI=1S/C17H17N3OS2/c1-3-14(16(21)20-17-18-8-9-22-17)23-15-10-11(2)12-6-4-5-7-13(12)19-15/h4-10,14H,3H2,1-2H3,(H,18,20,21)/t14-/m0/s1. The van der Waals surface area contributed by atoms with E-state index in [1.165, 1.54) is 28.7 Å². The molecule has 1 amide bonds. The minimum Gasteiger partial charge on any atom is -0.301 e. The highest BCUT2D eigenvalue weighted by Crippen LogP contribution is 2.28. The Morgan fingerprint density at radius 1 is 1.39 bits per heavy atom. The van der Waals surface area contributed by atoms with Gasteiger partial charge in [0.2, 0.25) is 5.91 Å². The third-order valence-electron chi connectivity index (χ3n) is 3.49. The van der Waals surface area contributed by atoms with Gasteiger partial charge in [0.25, 0.3) is 0 Å². The lowest BCUT2D eigenvalue weighted by Gasteiger charge is -2.14. The minimum atomic E-state index is -0.188. The van der Waals surface area contributed by atoms with E-state index in [0.29, 0.717) is 5.13 Å². The summed E-state index contributed by atoms with van der Waals surface area (Å²) in [4.78, 5) is 21.2. The van der Waals surface area contributed by atoms with Gasteiger partial charge in [-0.05, 0) is 31.0 Å². The number of rotatable bonds is 5. The summed E-state index contributed by atoms with van der Waals surface area (Å²) in [6, 6.07) is 10.1. The Morgan fingerprint density at radius 3 is 2.96 bits per heavy atom. The molecule has 118 valence electrons. The molecule has 3 rings (SSSR count). The number of benzene rings is 1. The fourth-order valence-electron chi connectivity index (χ4n) is 2.32. The van der Waals surface area contributed by atoms with Crippen molar-refractivity contribution < 1.29 is 4.79 Å². The molecule has 6 heteroatoms. The van der Waals surface area contributed by atoms with Crippen LogP contribution in [-0.4, -0.2) is 21.1 Å². The van der Waals surface area contributed by atoms with E-state index in [1.54, 1.807) is 6.20 Å². The summed E-state index contributed by atoms with van der Waals surface area (Å²) < 4.78 is 0. The molecule has 0 bridgehead atoms. The summed E-state index contributed by atoms with van der Waals surface area (Å²) in [5.74, 6) is -0.0277. The molecule has 0 saturated carbocycles. The number of nitrogens with one attached hydrogen (secondary N) is 1. The van der Waals surface area contributed by atoms with E-state index in [4.69, 9.17) is 0 Å². The highest BCUT2D eigenvalue weighted by Gasteiger charge is 2.20. The number of carbonyl (C=O) groups is 1. The van der Waals surface area contributed by atoms with Crippen molar-refractivity contribution in [3.63, 3.8) is 0 Å². The van der Waals surface area contributed by atoms with Crippen LogP contribution in [0.1, 0.15) is 18.9 Å². The number of pyridine rings is 1. The second-order valence-electron chi connectivity index (χ2n) is 5.14. The van der Waals surface area contributed by atoms with E-state index >= 15 is 0 Å². The Morgan fingerprint density at radius 2 is 2.22 bits per heavy atom. The maximum Gasteiger partial charge on any atom is 0.239 e. The van der Waals surface area contributed by atoms with Gasteiger partial charge in [-0.15, -0.1) is 11.3 Å². The van der Waals surface area contributed by atoms with E-state index in [0.717, 1.165) is 22.3 Å². The van der Waals surface area contributed by atoms with Gasteiger partial charge in [0.15, 0.2) is 5.13 Å². The van der Waals surface area contributed by atoms with Crippen molar-refractivity contribution in [2.24, 2.45) is 0 Å². The van der Waals surface area contributed by atoms with Crippen molar-refractivity contribution in [2.45, 2.75) is 30.5 Å².